The van der Waals surface area contributed by atoms with E-state index in [-0.39, 0.29) is 23.0 Å². The van der Waals surface area contributed by atoms with E-state index in [4.69, 9.17) is 9.47 Å². The van der Waals surface area contributed by atoms with Crippen molar-refractivity contribution in [2.75, 3.05) is 6.61 Å². The topological polar surface area (TPSA) is 52.6 Å². The average Bonchev–Trinajstić information content (AvgIpc) is 2.79. The lowest BCUT2D eigenvalue weighted by Crippen LogP contribution is -2.59. The number of carbonyl (C=O) groups is 2. The first-order valence-electron chi connectivity index (χ1n) is 15.3. The summed E-state index contributed by atoms with van der Waals surface area (Å²) in [5.41, 5.74) is -1.50. The Kier molecular flexibility index (Phi) is 5.94. The Hall–Kier alpha value is -1.06. The first-order valence-corrected chi connectivity index (χ1v) is 15.3. The summed E-state index contributed by atoms with van der Waals surface area (Å²) in [6.45, 7) is 10.8. The molecule has 8 aliphatic carbocycles. The zero-order chi connectivity index (χ0) is 25.5. The van der Waals surface area contributed by atoms with Crippen LogP contribution in [0.25, 0.3) is 0 Å². The number of hydrogen-bond donors (Lipinski definition) is 0. The van der Waals surface area contributed by atoms with Gasteiger partial charge in [0.2, 0.25) is 0 Å². The lowest BCUT2D eigenvalue weighted by atomic mass is 9.50. The van der Waals surface area contributed by atoms with Gasteiger partial charge in [0.15, 0.2) is 0 Å². The van der Waals surface area contributed by atoms with E-state index in [1.54, 1.807) is 0 Å². The molecule has 0 radical (unpaired) electrons. The summed E-state index contributed by atoms with van der Waals surface area (Å²) >= 11 is 0. The van der Waals surface area contributed by atoms with Crippen molar-refractivity contribution in [3.63, 3.8) is 0 Å². The molecule has 202 valence electrons. The number of rotatable bonds is 8. The zero-order valence-electron chi connectivity index (χ0n) is 23.6. The molecular formula is C32H50O4. The molecule has 0 saturated heterocycles. The van der Waals surface area contributed by atoms with Crippen LogP contribution in [0.15, 0.2) is 0 Å². The van der Waals surface area contributed by atoms with Gasteiger partial charge in [-0.15, -0.1) is 0 Å². The summed E-state index contributed by atoms with van der Waals surface area (Å²) in [7, 11) is 0. The van der Waals surface area contributed by atoms with Crippen LogP contribution in [-0.2, 0) is 19.1 Å². The predicted molar refractivity (Wildman–Crippen MR) is 140 cm³/mol. The number of carbonyl (C=O) groups excluding carboxylic acids is 2. The first kappa shape index (κ1) is 25.2. The fourth-order valence-electron chi connectivity index (χ4n) is 10.9. The summed E-state index contributed by atoms with van der Waals surface area (Å²) in [5.74, 6) is 5.05. The third kappa shape index (κ3) is 4.15. The Morgan fingerprint density at radius 3 is 1.69 bits per heavy atom. The molecular weight excluding hydrogens is 448 g/mol. The van der Waals surface area contributed by atoms with Crippen LogP contribution in [0.1, 0.15) is 118 Å². The molecule has 4 nitrogen and oxygen atoms in total. The highest BCUT2D eigenvalue weighted by molar-refractivity contribution is 5.80. The highest BCUT2D eigenvalue weighted by atomic mass is 16.6. The largest absolute Gasteiger partial charge is 0.465 e. The summed E-state index contributed by atoms with van der Waals surface area (Å²) < 4.78 is 12.6. The molecule has 0 aromatic heterocycles. The van der Waals surface area contributed by atoms with E-state index in [1.807, 2.05) is 20.8 Å². The Bertz CT molecular complexity index is 839. The number of ether oxygens (including phenoxy) is 2. The van der Waals surface area contributed by atoms with Gasteiger partial charge in [-0.25, -0.2) is 0 Å². The van der Waals surface area contributed by atoms with Crippen LogP contribution in [0.2, 0.25) is 0 Å². The molecule has 8 fully saturated rings. The van der Waals surface area contributed by atoms with Crippen molar-refractivity contribution in [3.8, 4) is 0 Å². The monoisotopic (exact) mass is 498 g/mol. The third-order valence-electron chi connectivity index (χ3n) is 12.4. The number of hydrogen-bond acceptors (Lipinski definition) is 4. The Morgan fingerprint density at radius 1 is 0.750 bits per heavy atom. The molecule has 8 bridgehead atoms. The normalized spacial score (nSPS) is 46.0. The summed E-state index contributed by atoms with van der Waals surface area (Å²) in [4.78, 5) is 27.3. The van der Waals surface area contributed by atoms with Crippen molar-refractivity contribution >= 4 is 11.9 Å². The van der Waals surface area contributed by atoms with Crippen LogP contribution < -0.4 is 0 Å². The molecule has 8 aliphatic rings. The molecule has 0 N–H and O–H groups in total. The molecule has 0 amide bonds. The SMILES string of the molecule is CCC(C)(CC(C)(C)C(=O)OC1(C)C2CC3CC(C2)CC1C3)C(=O)OCC12CC3CC(CC(C3)C1)C2. The van der Waals surface area contributed by atoms with Gasteiger partial charge in [-0.05, 0) is 153 Å². The first-order chi connectivity index (χ1) is 16.9. The highest BCUT2D eigenvalue weighted by Gasteiger charge is 2.58. The summed E-state index contributed by atoms with van der Waals surface area (Å²) in [5, 5.41) is 0. The van der Waals surface area contributed by atoms with Gasteiger partial charge in [0.25, 0.3) is 0 Å². The maximum absolute atomic E-state index is 13.7. The molecule has 8 rings (SSSR count). The minimum atomic E-state index is -0.720. The highest BCUT2D eigenvalue weighted by Crippen LogP contribution is 2.61. The molecule has 0 aliphatic heterocycles. The molecule has 36 heavy (non-hydrogen) atoms. The molecule has 0 heterocycles. The third-order valence-corrected chi connectivity index (χ3v) is 12.4. The van der Waals surface area contributed by atoms with Crippen LogP contribution in [-0.4, -0.2) is 24.1 Å². The van der Waals surface area contributed by atoms with Crippen LogP contribution in [0, 0.1) is 57.7 Å². The van der Waals surface area contributed by atoms with Crippen molar-refractivity contribution < 1.29 is 19.1 Å². The fourth-order valence-corrected chi connectivity index (χ4v) is 10.9. The van der Waals surface area contributed by atoms with Gasteiger partial charge in [0, 0.05) is 5.41 Å². The minimum Gasteiger partial charge on any atom is -0.465 e. The fraction of sp³-hybridized carbons (Fsp3) is 0.938. The second kappa shape index (κ2) is 8.47. The van der Waals surface area contributed by atoms with Crippen LogP contribution in [0.5, 0.6) is 0 Å². The van der Waals surface area contributed by atoms with Crippen molar-refractivity contribution in [1.82, 2.24) is 0 Å². The van der Waals surface area contributed by atoms with Gasteiger partial charge in [-0.3, -0.25) is 9.59 Å². The van der Waals surface area contributed by atoms with Gasteiger partial charge in [0.05, 0.1) is 17.4 Å². The zero-order valence-corrected chi connectivity index (χ0v) is 23.6. The predicted octanol–water partition coefficient (Wildman–Crippen LogP) is 7.34. The molecule has 0 spiro atoms. The Labute approximate surface area is 219 Å². The standard InChI is InChI=1S/C32H50O4/c1-6-30(4,28(34)35-19-32-15-22-8-23(16-32)10-24(9-22)17-32)18-29(2,3)27(33)36-31(5)25-11-20-7-21(13-25)14-26(31)12-20/h20-26H,6-19H2,1-5H3. The Balaban J connectivity index is 1.09. The molecule has 1 atom stereocenters. The minimum absolute atomic E-state index is 0.109. The number of esters is 2. The van der Waals surface area contributed by atoms with E-state index >= 15 is 0 Å². The smallest absolute Gasteiger partial charge is 0.312 e. The van der Waals surface area contributed by atoms with E-state index < -0.39 is 10.8 Å². The maximum Gasteiger partial charge on any atom is 0.312 e. The molecule has 1 unspecified atom stereocenters. The summed E-state index contributed by atoms with van der Waals surface area (Å²) in [6, 6.07) is 0. The van der Waals surface area contributed by atoms with E-state index in [9.17, 15) is 9.59 Å². The van der Waals surface area contributed by atoms with Gasteiger partial charge < -0.3 is 9.47 Å². The molecule has 8 saturated carbocycles. The van der Waals surface area contributed by atoms with Crippen molar-refractivity contribution in [3.05, 3.63) is 0 Å². The van der Waals surface area contributed by atoms with Crippen molar-refractivity contribution in [2.24, 2.45) is 57.7 Å². The lowest BCUT2D eigenvalue weighted by Gasteiger charge is -2.59. The van der Waals surface area contributed by atoms with Gasteiger partial charge >= 0.3 is 11.9 Å². The van der Waals surface area contributed by atoms with Crippen molar-refractivity contribution in [2.45, 2.75) is 124 Å². The molecule has 0 aromatic rings. The van der Waals surface area contributed by atoms with Crippen LogP contribution >= 0.6 is 0 Å². The van der Waals surface area contributed by atoms with Gasteiger partial charge in [0.1, 0.15) is 5.60 Å². The molecule has 4 heteroatoms. The van der Waals surface area contributed by atoms with E-state index in [1.165, 1.54) is 70.6 Å². The van der Waals surface area contributed by atoms with Crippen LogP contribution in [0.4, 0.5) is 0 Å². The van der Waals surface area contributed by atoms with E-state index in [0.717, 1.165) is 29.6 Å². The van der Waals surface area contributed by atoms with E-state index in [0.29, 0.717) is 31.3 Å². The van der Waals surface area contributed by atoms with Gasteiger partial charge in [-0.2, -0.15) is 0 Å². The van der Waals surface area contributed by atoms with Crippen molar-refractivity contribution in [1.29, 1.82) is 0 Å². The average molecular weight is 499 g/mol. The lowest BCUT2D eigenvalue weighted by molar-refractivity contribution is -0.212. The second-order valence-corrected chi connectivity index (χ2v) is 15.8. The maximum atomic E-state index is 13.7. The Morgan fingerprint density at radius 2 is 1.22 bits per heavy atom. The van der Waals surface area contributed by atoms with E-state index in [2.05, 4.69) is 13.8 Å². The quantitative estimate of drug-likeness (QED) is 0.329. The van der Waals surface area contributed by atoms with Crippen LogP contribution in [0.3, 0.4) is 0 Å². The second-order valence-electron chi connectivity index (χ2n) is 15.8. The summed E-state index contributed by atoms with van der Waals surface area (Å²) in [6.07, 6.45) is 15.4. The van der Waals surface area contributed by atoms with Gasteiger partial charge in [-0.1, -0.05) is 6.92 Å². The molecule has 0 aromatic carbocycles.